The Labute approximate surface area is 164 Å². The topological polar surface area (TPSA) is 125 Å². The van der Waals surface area contributed by atoms with E-state index in [1.165, 1.54) is 6.21 Å². The number of nitrogens with two attached hydrogens (primary N) is 2. The Morgan fingerprint density at radius 3 is 2.78 bits per heavy atom. The van der Waals surface area contributed by atoms with Crippen molar-refractivity contribution >= 4 is 41.1 Å². The zero-order chi connectivity index (χ0) is 19.2. The van der Waals surface area contributed by atoms with Crippen LogP contribution < -0.4 is 16.2 Å². The number of rotatable bonds is 6. The largest absolute Gasteiger partial charge is 0.489 e. The van der Waals surface area contributed by atoms with Crippen LogP contribution in [0.4, 0.5) is 5.82 Å². The Kier molecular flexibility index (Phi) is 5.90. The van der Waals surface area contributed by atoms with Crippen molar-refractivity contribution in [1.29, 1.82) is 0 Å². The molecule has 0 bridgehead atoms. The molecule has 2 aromatic carbocycles. The second-order valence-electron chi connectivity index (χ2n) is 5.32. The lowest BCUT2D eigenvalue weighted by Gasteiger charge is -2.08. The highest BCUT2D eigenvalue weighted by Crippen LogP contribution is 2.23. The molecule has 0 aliphatic heterocycles. The molecule has 0 aliphatic carbocycles. The van der Waals surface area contributed by atoms with Crippen LogP contribution in [-0.2, 0) is 6.61 Å². The van der Waals surface area contributed by atoms with Crippen LogP contribution in [0.5, 0.6) is 5.75 Å². The molecule has 10 heteroatoms. The van der Waals surface area contributed by atoms with Crippen LogP contribution in [0, 0.1) is 0 Å². The third-order valence-electron chi connectivity index (χ3n) is 3.40. The van der Waals surface area contributed by atoms with E-state index in [0.29, 0.717) is 22.4 Å². The van der Waals surface area contributed by atoms with Crippen molar-refractivity contribution in [2.45, 2.75) is 6.61 Å². The number of anilines is 1. The molecule has 3 rings (SSSR count). The predicted molar refractivity (Wildman–Crippen MR) is 104 cm³/mol. The molecule has 0 aliphatic rings. The van der Waals surface area contributed by atoms with Crippen LogP contribution in [0.15, 0.2) is 57.3 Å². The van der Waals surface area contributed by atoms with E-state index in [0.717, 1.165) is 11.1 Å². The van der Waals surface area contributed by atoms with Crippen molar-refractivity contribution in [1.82, 2.24) is 10.3 Å². The van der Waals surface area contributed by atoms with E-state index in [4.69, 9.17) is 39.4 Å². The molecule has 138 valence electrons. The van der Waals surface area contributed by atoms with Gasteiger partial charge in [0.15, 0.2) is 17.3 Å². The van der Waals surface area contributed by atoms with Gasteiger partial charge in [-0.15, -0.1) is 5.10 Å². The maximum Gasteiger partial charge on any atom is 0.199 e. The SMILES string of the molecule is N/C(=N\N=C\c1cccc(OCc2ccc(Cl)cc2Cl)c1)c1nonc1N. The summed E-state index contributed by atoms with van der Waals surface area (Å²) in [6.45, 7) is 0.306. The predicted octanol–water partition coefficient (Wildman–Crippen LogP) is 3.28. The van der Waals surface area contributed by atoms with Gasteiger partial charge in [-0.2, -0.15) is 5.10 Å². The normalized spacial score (nSPS) is 11.9. The molecule has 3 aromatic rings. The zero-order valence-electron chi connectivity index (χ0n) is 13.8. The van der Waals surface area contributed by atoms with Gasteiger partial charge in [0.05, 0.1) is 6.21 Å². The first-order chi connectivity index (χ1) is 13.0. The summed E-state index contributed by atoms with van der Waals surface area (Å²) in [4.78, 5) is 0. The van der Waals surface area contributed by atoms with Crippen LogP contribution in [-0.4, -0.2) is 22.4 Å². The minimum atomic E-state index is -0.00483. The fourth-order valence-electron chi connectivity index (χ4n) is 2.06. The van der Waals surface area contributed by atoms with E-state index in [2.05, 4.69) is 25.1 Å². The van der Waals surface area contributed by atoms with Crippen LogP contribution in [0.25, 0.3) is 0 Å². The molecule has 0 fully saturated rings. The molecule has 0 radical (unpaired) electrons. The third kappa shape index (κ3) is 4.96. The van der Waals surface area contributed by atoms with Crippen molar-refractivity contribution in [3.8, 4) is 5.75 Å². The molecule has 0 spiro atoms. The Morgan fingerprint density at radius 2 is 2.04 bits per heavy atom. The molecular formula is C17H14Cl2N6O2. The average molecular weight is 405 g/mol. The number of benzene rings is 2. The summed E-state index contributed by atoms with van der Waals surface area (Å²) in [5, 5.41) is 15.8. The first-order valence-corrected chi connectivity index (χ1v) is 8.40. The lowest BCUT2D eigenvalue weighted by molar-refractivity contribution is 0.306. The second-order valence-corrected chi connectivity index (χ2v) is 6.17. The second kappa shape index (κ2) is 8.52. The number of nitrogen functional groups attached to an aromatic ring is 1. The Balaban J connectivity index is 1.65. The van der Waals surface area contributed by atoms with E-state index in [9.17, 15) is 0 Å². The first kappa shape index (κ1) is 18.7. The monoisotopic (exact) mass is 404 g/mol. The summed E-state index contributed by atoms with van der Waals surface area (Å²) in [7, 11) is 0. The van der Waals surface area contributed by atoms with Gasteiger partial charge >= 0.3 is 0 Å². The molecule has 8 nitrogen and oxygen atoms in total. The molecule has 0 amide bonds. The van der Waals surface area contributed by atoms with Crippen molar-refractivity contribution < 1.29 is 9.37 Å². The van der Waals surface area contributed by atoms with E-state index in [1.54, 1.807) is 18.2 Å². The molecular weight excluding hydrogens is 391 g/mol. The van der Waals surface area contributed by atoms with Crippen molar-refractivity contribution in [3.63, 3.8) is 0 Å². The quantitative estimate of drug-likeness (QED) is 0.368. The van der Waals surface area contributed by atoms with Gasteiger partial charge < -0.3 is 16.2 Å². The zero-order valence-corrected chi connectivity index (χ0v) is 15.4. The molecule has 1 heterocycles. The summed E-state index contributed by atoms with van der Waals surface area (Å²) >= 11 is 12.0. The van der Waals surface area contributed by atoms with Crippen LogP contribution in [0.3, 0.4) is 0 Å². The highest BCUT2D eigenvalue weighted by Gasteiger charge is 2.10. The van der Waals surface area contributed by atoms with Gasteiger partial charge in [0.2, 0.25) is 0 Å². The van der Waals surface area contributed by atoms with Gasteiger partial charge in [-0.25, -0.2) is 4.63 Å². The molecule has 0 atom stereocenters. The number of hydrogen-bond donors (Lipinski definition) is 2. The molecule has 0 saturated heterocycles. The van der Waals surface area contributed by atoms with Gasteiger partial charge in [-0.05, 0) is 40.1 Å². The summed E-state index contributed by atoms with van der Waals surface area (Å²) in [5.41, 5.74) is 13.0. The number of amidine groups is 1. The van der Waals surface area contributed by atoms with Gasteiger partial charge in [0.1, 0.15) is 12.4 Å². The number of hydrogen-bond acceptors (Lipinski definition) is 7. The van der Waals surface area contributed by atoms with Crippen molar-refractivity contribution in [2.75, 3.05) is 5.73 Å². The average Bonchev–Trinajstić information content (AvgIpc) is 3.07. The minimum Gasteiger partial charge on any atom is -0.489 e. The fraction of sp³-hybridized carbons (Fsp3) is 0.0588. The molecule has 27 heavy (non-hydrogen) atoms. The van der Waals surface area contributed by atoms with Crippen molar-refractivity contribution in [2.24, 2.45) is 15.9 Å². The maximum absolute atomic E-state index is 6.14. The highest BCUT2D eigenvalue weighted by atomic mass is 35.5. The minimum absolute atomic E-state index is 0.00483. The first-order valence-electron chi connectivity index (χ1n) is 7.64. The lowest BCUT2D eigenvalue weighted by Crippen LogP contribution is -2.15. The number of halogens is 2. The number of nitrogens with zero attached hydrogens (tertiary/aromatic N) is 4. The van der Waals surface area contributed by atoms with Gasteiger partial charge in [0.25, 0.3) is 0 Å². The molecule has 4 N–H and O–H groups in total. The van der Waals surface area contributed by atoms with Gasteiger partial charge in [-0.3, -0.25) is 0 Å². The van der Waals surface area contributed by atoms with E-state index in [1.807, 2.05) is 24.3 Å². The summed E-state index contributed by atoms with van der Waals surface area (Å²) in [6, 6.07) is 12.5. The maximum atomic E-state index is 6.14. The summed E-state index contributed by atoms with van der Waals surface area (Å²) < 4.78 is 10.2. The van der Waals surface area contributed by atoms with Gasteiger partial charge in [0, 0.05) is 15.6 Å². The van der Waals surface area contributed by atoms with Crippen LogP contribution >= 0.6 is 23.2 Å². The van der Waals surface area contributed by atoms with Gasteiger partial charge in [-0.1, -0.05) is 41.4 Å². The molecule has 1 aromatic heterocycles. The number of ether oxygens (including phenoxy) is 1. The number of aromatic nitrogens is 2. The Morgan fingerprint density at radius 1 is 1.19 bits per heavy atom. The lowest BCUT2D eigenvalue weighted by atomic mass is 10.2. The van der Waals surface area contributed by atoms with Crippen LogP contribution in [0.2, 0.25) is 10.0 Å². The fourth-order valence-corrected chi connectivity index (χ4v) is 2.53. The molecule has 0 saturated carbocycles. The van der Waals surface area contributed by atoms with E-state index < -0.39 is 0 Å². The summed E-state index contributed by atoms with van der Waals surface area (Å²) in [6.07, 6.45) is 1.51. The van der Waals surface area contributed by atoms with Crippen LogP contribution in [0.1, 0.15) is 16.8 Å². The summed E-state index contributed by atoms with van der Waals surface area (Å²) in [5.74, 6) is 0.685. The highest BCUT2D eigenvalue weighted by molar-refractivity contribution is 6.35. The van der Waals surface area contributed by atoms with E-state index in [-0.39, 0.29) is 17.3 Å². The Hall–Kier alpha value is -3.10. The Bertz CT molecular complexity index is 1000. The molecule has 0 unspecified atom stereocenters. The third-order valence-corrected chi connectivity index (χ3v) is 3.98. The van der Waals surface area contributed by atoms with E-state index >= 15 is 0 Å². The smallest absolute Gasteiger partial charge is 0.199 e. The standard InChI is InChI=1S/C17H14Cl2N6O2/c18-12-5-4-11(14(19)7-12)9-26-13-3-1-2-10(6-13)8-22-23-16(20)15-17(21)25-27-24-15/h1-8H,9H2,(H2,20,23)(H2,21,25)/b22-8+. The van der Waals surface area contributed by atoms with Crippen molar-refractivity contribution in [3.05, 3.63) is 69.3 Å².